The molecule has 0 saturated heterocycles. The van der Waals surface area contributed by atoms with E-state index >= 15 is 0 Å². The van der Waals surface area contributed by atoms with Crippen LogP contribution < -0.4 is 4.90 Å². The summed E-state index contributed by atoms with van der Waals surface area (Å²) >= 11 is 0. The standard InChI is InChI=1S/C58H43N/c1-57(2)53-22-12-9-19-49(53)52-38-31-45(39-56(52)57)58(54-23-13-10-20-50(54)51-21-11-14-24-55(51)58)44-29-36-48(37-30-44)59(46-32-25-42(26-33-46)40-15-5-3-6-16-40)47-34-27-43(28-35-47)41-17-7-4-8-18-41/h3-39H,1-2H3. The van der Waals surface area contributed by atoms with E-state index in [0.717, 1.165) is 17.1 Å². The van der Waals surface area contributed by atoms with Crippen LogP contribution in [0.15, 0.2) is 224 Å². The smallest absolute Gasteiger partial charge is 0.0713 e. The molecule has 0 heterocycles. The lowest BCUT2D eigenvalue weighted by molar-refractivity contribution is 0.655. The van der Waals surface area contributed by atoms with Gasteiger partial charge < -0.3 is 4.90 Å². The summed E-state index contributed by atoms with van der Waals surface area (Å²) in [5.41, 5.74) is 20.8. The lowest BCUT2D eigenvalue weighted by Crippen LogP contribution is -2.29. The first-order valence-electron chi connectivity index (χ1n) is 20.7. The highest BCUT2D eigenvalue weighted by molar-refractivity contribution is 5.89. The molecule has 1 nitrogen and oxygen atoms in total. The van der Waals surface area contributed by atoms with E-state index in [4.69, 9.17) is 0 Å². The van der Waals surface area contributed by atoms with Gasteiger partial charge >= 0.3 is 0 Å². The quantitative estimate of drug-likeness (QED) is 0.157. The van der Waals surface area contributed by atoms with E-state index in [0.29, 0.717) is 0 Å². The Hall–Kier alpha value is -7.22. The molecule has 2 aliphatic carbocycles. The zero-order chi connectivity index (χ0) is 39.6. The van der Waals surface area contributed by atoms with E-state index in [2.05, 4.69) is 243 Å². The molecule has 0 spiro atoms. The molecule has 0 N–H and O–H groups in total. The topological polar surface area (TPSA) is 3.24 Å². The fourth-order valence-corrected chi connectivity index (χ4v) is 10.1. The van der Waals surface area contributed by atoms with Crippen LogP contribution >= 0.6 is 0 Å². The van der Waals surface area contributed by atoms with E-state index < -0.39 is 5.41 Å². The Morgan fingerprint density at radius 1 is 0.288 bits per heavy atom. The second kappa shape index (κ2) is 13.7. The van der Waals surface area contributed by atoms with Gasteiger partial charge in [0.15, 0.2) is 0 Å². The van der Waals surface area contributed by atoms with Crippen molar-refractivity contribution in [3.63, 3.8) is 0 Å². The first kappa shape index (κ1) is 35.0. The van der Waals surface area contributed by atoms with E-state index in [1.807, 2.05) is 0 Å². The average molecular weight is 754 g/mol. The van der Waals surface area contributed by atoms with Gasteiger partial charge in [0.2, 0.25) is 0 Å². The van der Waals surface area contributed by atoms with Crippen LogP contribution in [-0.4, -0.2) is 0 Å². The van der Waals surface area contributed by atoms with Crippen molar-refractivity contribution in [2.24, 2.45) is 0 Å². The van der Waals surface area contributed by atoms with Crippen LogP contribution in [0.5, 0.6) is 0 Å². The zero-order valence-corrected chi connectivity index (χ0v) is 33.3. The highest BCUT2D eigenvalue weighted by Crippen LogP contribution is 2.58. The summed E-state index contributed by atoms with van der Waals surface area (Å²) in [6, 6.07) is 82.9. The van der Waals surface area contributed by atoms with Crippen LogP contribution in [0.2, 0.25) is 0 Å². The summed E-state index contributed by atoms with van der Waals surface area (Å²) in [7, 11) is 0. The summed E-state index contributed by atoms with van der Waals surface area (Å²) in [5, 5.41) is 0. The van der Waals surface area contributed by atoms with Crippen LogP contribution in [0, 0.1) is 0 Å². The van der Waals surface area contributed by atoms with E-state index in [9.17, 15) is 0 Å². The molecule has 0 unspecified atom stereocenters. The van der Waals surface area contributed by atoms with Gasteiger partial charge in [-0.25, -0.2) is 0 Å². The Bertz CT molecular complexity index is 2850. The average Bonchev–Trinajstić information content (AvgIpc) is 3.73. The van der Waals surface area contributed by atoms with E-state index in [1.165, 1.54) is 77.9 Å². The molecule has 0 amide bonds. The largest absolute Gasteiger partial charge is 0.311 e. The van der Waals surface area contributed by atoms with Gasteiger partial charge in [-0.15, -0.1) is 0 Å². The van der Waals surface area contributed by atoms with Crippen LogP contribution in [0.25, 0.3) is 44.5 Å². The molecular weight excluding hydrogens is 711 g/mol. The molecule has 9 aromatic rings. The Kier molecular flexibility index (Phi) is 8.13. The minimum Gasteiger partial charge on any atom is -0.311 e. The maximum absolute atomic E-state index is 2.52. The van der Waals surface area contributed by atoms with E-state index in [1.54, 1.807) is 0 Å². The van der Waals surface area contributed by atoms with Gasteiger partial charge in [-0.2, -0.15) is 0 Å². The predicted octanol–water partition coefficient (Wildman–Crippen LogP) is 15.2. The zero-order valence-electron chi connectivity index (χ0n) is 33.3. The summed E-state index contributed by atoms with van der Waals surface area (Å²) in [5.74, 6) is 0. The highest BCUT2D eigenvalue weighted by Gasteiger charge is 2.47. The third-order valence-corrected chi connectivity index (χ3v) is 13.0. The number of rotatable bonds is 7. The predicted molar refractivity (Wildman–Crippen MR) is 247 cm³/mol. The summed E-state index contributed by atoms with van der Waals surface area (Å²) < 4.78 is 0. The van der Waals surface area contributed by atoms with Gasteiger partial charge in [0.25, 0.3) is 0 Å². The first-order valence-corrected chi connectivity index (χ1v) is 20.7. The van der Waals surface area contributed by atoms with Crippen molar-refractivity contribution in [1.82, 2.24) is 0 Å². The Labute approximate surface area is 347 Å². The molecule has 280 valence electrons. The number of hydrogen-bond donors (Lipinski definition) is 0. The highest BCUT2D eigenvalue weighted by atomic mass is 15.1. The van der Waals surface area contributed by atoms with E-state index in [-0.39, 0.29) is 5.41 Å². The van der Waals surface area contributed by atoms with Crippen molar-refractivity contribution < 1.29 is 0 Å². The van der Waals surface area contributed by atoms with Gasteiger partial charge in [-0.1, -0.05) is 202 Å². The van der Waals surface area contributed by atoms with Crippen molar-refractivity contribution in [3.8, 4) is 44.5 Å². The third kappa shape index (κ3) is 5.46. The van der Waals surface area contributed by atoms with Crippen LogP contribution in [0.1, 0.15) is 47.2 Å². The second-order valence-electron chi connectivity index (χ2n) is 16.5. The molecular formula is C58H43N. The molecule has 0 radical (unpaired) electrons. The lowest BCUT2D eigenvalue weighted by Gasteiger charge is -2.35. The summed E-state index contributed by atoms with van der Waals surface area (Å²) in [6.07, 6.45) is 0. The van der Waals surface area contributed by atoms with Gasteiger partial charge in [0.05, 0.1) is 5.41 Å². The number of fused-ring (bicyclic) bond motifs is 6. The van der Waals surface area contributed by atoms with Crippen LogP contribution in [0.3, 0.4) is 0 Å². The van der Waals surface area contributed by atoms with Gasteiger partial charge in [-0.05, 0) is 114 Å². The van der Waals surface area contributed by atoms with Crippen molar-refractivity contribution in [2.75, 3.05) is 4.90 Å². The molecule has 0 saturated carbocycles. The van der Waals surface area contributed by atoms with Crippen molar-refractivity contribution in [1.29, 1.82) is 0 Å². The van der Waals surface area contributed by atoms with Crippen LogP contribution in [0.4, 0.5) is 17.1 Å². The number of benzene rings is 9. The fourth-order valence-electron chi connectivity index (χ4n) is 10.1. The Balaban J connectivity index is 1.08. The summed E-state index contributed by atoms with van der Waals surface area (Å²) in [6.45, 7) is 4.76. The third-order valence-electron chi connectivity index (χ3n) is 13.0. The minimum absolute atomic E-state index is 0.114. The number of anilines is 3. The van der Waals surface area contributed by atoms with Crippen molar-refractivity contribution in [2.45, 2.75) is 24.7 Å². The molecule has 11 rings (SSSR count). The molecule has 0 bridgehead atoms. The van der Waals surface area contributed by atoms with Crippen molar-refractivity contribution >= 4 is 17.1 Å². The Morgan fingerprint density at radius 3 is 1.14 bits per heavy atom. The van der Waals surface area contributed by atoms with Gasteiger partial charge in [-0.3, -0.25) is 0 Å². The van der Waals surface area contributed by atoms with Crippen molar-refractivity contribution in [3.05, 3.63) is 258 Å². The SMILES string of the molecule is CC1(C)c2ccccc2-c2ccc(C3(c4ccc(N(c5ccc(-c6ccccc6)cc5)c5ccc(-c6ccccc6)cc5)cc4)c4ccccc4-c4ccccc43)cc21. The minimum atomic E-state index is -0.509. The molecule has 59 heavy (non-hydrogen) atoms. The van der Waals surface area contributed by atoms with Gasteiger partial charge in [0, 0.05) is 22.5 Å². The first-order chi connectivity index (χ1) is 29.0. The Morgan fingerprint density at radius 2 is 0.644 bits per heavy atom. The lowest BCUT2D eigenvalue weighted by atomic mass is 9.66. The second-order valence-corrected chi connectivity index (χ2v) is 16.5. The van der Waals surface area contributed by atoms with Crippen LogP contribution in [-0.2, 0) is 10.8 Å². The molecule has 9 aromatic carbocycles. The maximum atomic E-state index is 2.52. The molecule has 2 aliphatic rings. The summed E-state index contributed by atoms with van der Waals surface area (Å²) in [4.78, 5) is 2.38. The molecule has 0 aliphatic heterocycles. The molecule has 0 fully saturated rings. The number of nitrogens with zero attached hydrogens (tertiary/aromatic N) is 1. The van der Waals surface area contributed by atoms with Gasteiger partial charge in [0.1, 0.15) is 0 Å². The molecule has 0 atom stereocenters. The fraction of sp³-hybridized carbons (Fsp3) is 0.0690. The normalized spacial score (nSPS) is 13.9. The molecule has 1 heteroatoms. The molecule has 0 aromatic heterocycles. The maximum Gasteiger partial charge on any atom is 0.0713 e. The monoisotopic (exact) mass is 753 g/mol. The number of hydrogen-bond acceptors (Lipinski definition) is 1.